The Balaban J connectivity index is 2.29. The highest BCUT2D eigenvalue weighted by Crippen LogP contribution is 2.36. The first-order chi connectivity index (χ1) is 14.8. The van der Waals surface area contributed by atoms with Crippen LogP contribution in [0, 0.1) is 0 Å². The molecular formula is C27H34O4. The molecule has 0 radical (unpaired) electrons. The summed E-state index contributed by atoms with van der Waals surface area (Å²) in [5.41, 5.74) is 2.61. The van der Waals surface area contributed by atoms with Gasteiger partial charge in [0.25, 0.3) is 0 Å². The van der Waals surface area contributed by atoms with Crippen LogP contribution in [0.2, 0.25) is 0 Å². The van der Waals surface area contributed by atoms with Gasteiger partial charge in [0.1, 0.15) is 12.4 Å². The number of hydrogen-bond acceptors (Lipinski definition) is 4. The molecule has 0 spiro atoms. The van der Waals surface area contributed by atoms with Crippen molar-refractivity contribution in [1.82, 2.24) is 0 Å². The zero-order chi connectivity index (χ0) is 22.8. The Morgan fingerprint density at radius 3 is 2.29 bits per heavy atom. The van der Waals surface area contributed by atoms with Gasteiger partial charge in [-0.2, -0.15) is 0 Å². The van der Waals surface area contributed by atoms with Gasteiger partial charge in [-0.05, 0) is 87.7 Å². The summed E-state index contributed by atoms with van der Waals surface area (Å²) in [7, 11) is 0. The minimum Gasteiger partial charge on any atom is -0.490 e. The van der Waals surface area contributed by atoms with Crippen LogP contribution in [0.4, 0.5) is 0 Å². The van der Waals surface area contributed by atoms with Crippen LogP contribution >= 0.6 is 0 Å². The fraction of sp³-hybridized carbons (Fsp3) is 0.370. The fourth-order valence-electron chi connectivity index (χ4n) is 3.08. The maximum atomic E-state index is 12.6. The van der Waals surface area contributed by atoms with Crippen LogP contribution in [-0.2, 0) is 6.42 Å². The number of ether oxygens (including phenoxy) is 3. The number of hydrogen-bond donors (Lipinski definition) is 0. The Bertz CT molecular complexity index is 892. The summed E-state index contributed by atoms with van der Waals surface area (Å²) in [6.45, 7) is 14.2. The van der Waals surface area contributed by atoms with Crippen LogP contribution in [0.3, 0.4) is 0 Å². The zero-order valence-electron chi connectivity index (χ0n) is 19.3. The number of aryl methyl sites for hydroxylation is 1. The van der Waals surface area contributed by atoms with Crippen molar-refractivity contribution in [2.45, 2.75) is 59.7 Å². The van der Waals surface area contributed by atoms with Gasteiger partial charge in [-0.25, -0.2) is 0 Å². The molecule has 166 valence electrons. The third-order valence-electron chi connectivity index (χ3n) is 4.32. The summed E-state index contributed by atoms with van der Waals surface area (Å²) in [5.74, 6) is 2.15. The van der Waals surface area contributed by atoms with Gasteiger partial charge in [-0.1, -0.05) is 32.1 Å². The van der Waals surface area contributed by atoms with Crippen molar-refractivity contribution in [3.63, 3.8) is 0 Å². The SMILES string of the molecule is C=CCOc1ccc(C(=O)C=Cc2cc(CCC)c(OC(C)C)c(OC(C)C)c2)cc1. The molecule has 0 saturated heterocycles. The summed E-state index contributed by atoms with van der Waals surface area (Å²) in [6.07, 6.45) is 7.03. The van der Waals surface area contributed by atoms with Gasteiger partial charge in [0.15, 0.2) is 17.3 Å². The lowest BCUT2D eigenvalue weighted by molar-refractivity contribution is 0.104. The summed E-state index contributed by atoms with van der Waals surface area (Å²) < 4.78 is 17.6. The molecule has 31 heavy (non-hydrogen) atoms. The van der Waals surface area contributed by atoms with Gasteiger partial charge in [-0.3, -0.25) is 4.79 Å². The second kappa shape index (κ2) is 12.0. The quantitative estimate of drug-likeness (QED) is 0.218. The monoisotopic (exact) mass is 422 g/mol. The third-order valence-corrected chi connectivity index (χ3v) is 4.32. The highest BCUT2D eigenvalue weighted by Gasteiger charge is 2.15. The number of benzene rings is 2. The average Bonchev–Trinajstić information content (AvgIpc) is 2.72. The van der Waals surface area contributed by atoms with E-state index < -0.39 is 0 Å². The van der Waals surface area contributed by atoms with Gasteiger partial charge >= 0.3 is 0 Å². The van der Waals surface area contributed by atoms with Crippen molar-refractivity contribution in [3.05, 3.63) is 71.8 Å². The highest BCUT2D eigenvalue weighted by atomic mass is 16.5. The van der Waals surface area contributed by atoms with Crippen LogP contribution in [-0.4, -0.2) is 24.6 Å². The van der Waals surface area contributed by atoms with Gasteiger partial charge in [0.05, 0.1) is 12.2 Å². The fourth-order valence-corrected chi connectivity index (χ4v) is 3.08. The molecule has 0 atom stereocenters. The lowest BCUT2D eigenvalue weighted by Gasteiger charge is -2.21. The summed E-state index contributed by atoms with van der Waals surface area (Å²) >= 11 is 0. The first-order valence-electron chi connectivity index (χ1n) is 10.9. The molecule has 0 aliphatic rings. The Morgan fingerprint density at radius 2 is 1.71 bits per heavy atom. The van der Waals surface area contributed by atoms with Crippen molar-refractivity contribution in [2.75, 3.05) is 6.61 Å². The van der Waals surface area contributed by atoms with E-state index in [0.717, 1.165) is 29.7 Å². The van der Waals surface area contributed by atoms with Gasteiger partial charge in [-0.15, -0.1) is 0 Å². The first kappa shape index (κ1) is 24.3. The topological polar surface area (TPSA) is 44.8 Å². The zero-order valence-corrected chi connectivity index (χ0v) is 19.3. The number of carbonyl (C=O) groups is 1. The van der Waals surface area contributed by atoms with E-state index in [1.54, 1.807) is 36.4 Å². The predicted molar refractivity (Wildman–Crippen MR) is 127 cm³/mol. The molecule has 0 N–H and O–H groups in total. The van der Waals surface area contributed by atoms with Crippen molar-refractivity contribution >= 4 is 11.9 Å². The van der Waals surface area contributed by atoms with E-state index in [9.17, 15) is 4.79 Å². The molecular weight excluding hydrogens is 388 g/mol. The van der Waals surface area contributed by atoms with Crippen LogP contribution in [0.1, 0.15) is 62.5 Å². The van der Waals surface area contributed by atoms with Crippen molar-refractivity contribution in [3.8, 4) is 17.2 Å². The third kappa shape index (κ3) is 7.63. The lowest BCUT2D eigenvalue weighted by atomic mass is 10.0. The summed E-state index contributed by atoms with van der Waals surface area (Å²) in [6, 6.07) is 11.1. The Kier molecular flexibility index (Phi) is 9.39. The average molecular weight is 423 g/mol. The van der Waals surface area contributed by atoms with E-state index >= 15 is 0 Å². The van der Waals surface area contributed by atoms with Gasteiger partial charge in [0.2, 0.25) is 0 Å². The van der Waals surface area contributed by atoms with E-state index in [-0.39, 0.29) is 18.0 Å². The van der Waals surface area contributed by atoms with E-state index in [1.807, 2.05) is 39.8 Å². The predicted octanol–water partition coefficient (Wildman–Crippen LogP) is 6.67. The number of rotatable bonds is 12. The van der Waals surface area contributed by atoms with Crippen LogP contribution in [0.5, 0.6) is 17.2 Å². The molecule has 0 aliphatic carbocycles. The molecule has 0 heterocycles. The van der Waals surface area contributed by atoms with Crippen molar-refractivity contribution in [1.29, 1.82) is 0 Å². The van der Waals surface area contributed by atoms with Crippen LogP contribution in [0.25, 0.3) is 6.08 Å². The molecule has 0 aromatic heterocycles. The molecule has 4 heteroatoms. The molecule has 4 nitrogen and oxygen atoms in total. The smallest absolute Gasteiger partial charge is 0.185 e. The standard InChI is InChI=1S/C27H34O4/c1-7-9-23-17-21(18-26(30-19(3)4)27(23)31-20(5)6)10-15-25(28)22-11-13-24(14-12-22)29-16-8-2/h8,10-15,17-20H,2,7,9,16H2,1,3-6H3. The maximum Gasteiger partial charge on any atom is 0.185 e. The van der Waals surface area contributed by atoms with Gasteiger partial charge < -0.3 is 14.2 Å². The number of ketones is 1. The molecule has 0 fully saturated rings. The Morgan fingerprint density at radius 1 is 1.03 bits per heavy atom. The Hall–Kier alpha value is -3.01. The molecule has 0 aliphatic heterocycles. The molecule has 2 rings (SSSR count). The van der Waals surface area contributed by atoms with Crippen LogP contribution < -0.4 is 14.2 Å². The van der Waals surface area contributed by atoms with E-state index in [1.165, 1.54) is 0 Å². The summed E-state index contributed by atoms with van der Waals surface area (Å²) in [4.78, 5) is 12.6. The van der Waals surface area contributed by atoms with Crippen molar-refractivity contribution in [2.24, 2.45) is 0 Å². The second-order valence-corrected chi connectivity index (χ2v) is 7.91. The maximum absolute atomic E-state index is 12.6. The summed E-state index contributed by atoms with van der Waals surface area (Å²) in [5, 5.41) is 0. The van der Waals surface area contributed by atoms with E-state index in [4.69, 9.17) is 14.2 Å². The minimum absolute atomic E-state index is 0.0201. The van der Waals surface area contributed by atoms with E-state index in [0.29, 0.717) is 23.7 Å². The lowest BCUT2D eigenvalue weighted by Crippen LogP contribution is -2.12. The molecule has 0 bridgehead atoms. The Labute approximate surface area is 186 Å². The van der Waals surface area contributed by atoms with Gasteiger partial charge in [0, 0.05) is 5.56 Å². The first-order valence-corrected chi connectivity index (χ1v) is 10.9. The highest BCUT2D eigenvalue weighted by molar-refractivity contribution is 6.06. The number of carbonyl (C=O) groups excluding carboxylic acids is 1. The molecule has 0 amide bonds. The van der Waals surface area contributed by atoms with Crippen molar-refractivity contribution < 1.29 is 19.0 Å². The normalized spacial score (nSPS) is 11.2. The molecule has 2 aromatic carbocycles. The number of allylic oxidation sites excluding steroid dienone is 1. The van der Waals surface area contributed by atoms with E-state index in [2.05, 4.69) is 19.6 Å². The molecule has 0 saturated carbocycles. The molecule has 2 aromatic rings. The molecule has 0 unspecified atom stereocenters. The minimum atomic E-state index is -0.0684. The van der Waals surface area contributed by atoms with Crippen LogP contribution in [0.15, 0.2) is 55.1 Å². The second-order valence-electron chi connectivity index (χ2n) is 7.91. The largest absolute Gasteiger partial charge is 0.490 e.